The molecule has 1 amide bonds. The number of amides is 1. The van der Waals surface area contributed by atoms with Crippen LogP contribution in [0.15, 0.2) is 54.6 Å². The molecule has 1 aliphatic heterocycles. The topological polar surface area (TPSA) is 90.3 Å². The number of anilines is 1. The van der Waals surface area contributed by atoms with E-state index in [-0.39, 0.29) is 11.7 Å². The minimum Gasteiger partial charge on any atom is -0.348 e. The van der Waals surface area contributed by atoms with Crippen molar-refractivity contribution in [3.63, 3.8) is 0 Å². The van der Waals surface area contributed by atoms with Crippen LogP contribution in [0.25, 0.3) is 6.08 Å². The molecular formula is C20H19N3O3S. The van der Waals surface area contributed by atoms with Crippen molar-refractivity contribution in [3.05, 3.63) is 71.3 Å². The van der Waals surface area contributed by atoms with Gasteiger partial charge in [-0.05, 0) is 47.9 Å². The Morgan fingerprint density at radius 2 is 2.00 bits per heavy atom. The number of carbonyl (C=O) groups excluding carboxylic acids is 1. The molecule has 1 saturated heterocycles. The number of benzene rings is 2. The molecule has 1 aliphatic rings. The molecule has 0 bridgehead atoms. The maximum Gasteiger partial charge on any atom is 0.244 e. The molecule has 0 saturated carbocycles. The second kappa shape index (κ2) is 8.06. The zero-order valence-corrected chi connectivity index (χ0v) is 15.4. The van der Waals surface area contributed by atoms with Crippen LogP contribution in [0.3, 0.4) is 0 Å². The van der Waals surface area contributed by atoms with Gasteiger partial charge in [0, 0.05) is 19.2 Å². The van der Waals surface area contributed by atoms with E-state index < -0.39 is 10.0 Å². The third kappa shape index (κ3) is 4.74. The maximum atomic E-state index is 12.0. The molecule has 1 N–H and O–H groups in total. The van der Waals surface area contributed by atoms with Crippen LogP contribution < -0.4 is 9.62 Å². The predicted octanol–water partition coefficient (Wildman–Crippen LogP) is 2.43. The largest absolute Gasteiger partial charge is 0.348 e. The van der Waals surface area contributed by atoms with Gasteiger partial charge in [0.25, 0.3) is 0 Å². The van der Waals surface area contributed by atoms with E-state index in [4.69, 9.17) is 5.26 Å². The molecule has 0 spiro atoms. The van der Waals surface area contributed by atoms with Crippen LogP contribution in [-0.2, 0) is 21.4 Å². The van der Waals surface area contributed by atoms with Crippen molar-refractivity contribution in [1.29, 1.82) is 5.26 Å². The normalized spacial score (nSPS) is 15.6. The summed E-state index contributed by atoms with van der Waals surface area (Å²) in [5, 5.41) is 11.6. The van der Waals surface area contributed by atoms with E-state index in [1.54, 1.807) is 48.5 Å². The average molecular weight is 381 g/mol. The first kappa shape index (κ1) is 18.7. The van der Waals surface area contributed by atoms with Gasteiger partial charge in [0.05, 0.1) is 23.1 Å². The number of nitrogens with zero attached hydrogens (tertiary/aromatic N) is 2. The number of sulfonamides is 1. The SMILES string of the molecule is N#Cc1cccc(CNC(=O)/C=C/c2ccc(N3CCCS3(=O)=O)cc2)c1. The fourth-order valence-corrected chi connectivity index (χ4v) is 4.42. The summed E-state index contributed by atoms with van der Waals surface area (Å²) < 4.78 is 25.3. The highest BCUT2D eigenvalue weighted by Gasteiger charge is 2.28. The summed E-state index contributed by atoms with van der Waals surface area (Å²) >= 11 is 0. The summed E-state index contributed by atoms with van der Waals surface area (Å²) in [4.78, 5) is 12.0. The predicted molar refractivity (Wildman–Crippen MR) is 104 cm³/mol. The van der Waals surface area contributed by atoms with Crippen LogP contribution >= 0.6 is 0 Å². The number of nitriles is 1. The van der Waals surface area contributed by atoms with Crippen molar-refractivity contribution in [2.75, 3.05) is 16.6 Å². The first-order valence-corrected chi connectivity index (χ1v) is 10.1. The van der Waals surface area contributed by atoms with Gasteiger partial charge in [-0.3, -0.25) is 9.10 Å². The van der Waals surface area contributed by atoms with Crippen molar-refractivity contribution in [2.24, 2.45) is 0 Å². The zero-order valence-electron chi connectivity index (χ0n) is 14.6. The molecule has 2 aromatic rings. The number of rotatable bonds is 5. The Morgan fingerprint density at radius 3 is 2.67 bits per heavy atom. The first-order chi connectivity index (χ1) is 13.0. The van der Waals surface area contributed by atoms with E-state index in [2.05, 4.69) is 11.4 Å². The zero-order chi connectivity index (χ0) is 19.3. The van der Waals surface area contributed by atoms with Gasteiger partial charge in [0.15, 0.2) is 0 Å². The molecule has 0 atom stereocenters. The first-order valence-electron chi connectivity index (χ1n) is 8.53. The Hall–Kier alpha value is -3.11. The molecule has 0 aromatic heterocycles. The summed E-state index contributed by atoms with van der Waals surface area (Å²) in [5.74, 6) is -0.0601. The number of nitrogens with one attached hydrogen (secondary N) is 1. The van der Waals surface area contributed by atoms with Gasteiger partial charge < -0.3 is 5.32 Å². The third-order valence-electron chi connectivity index (χ3n) is 4.23. The van der Waals surface area contributed by atoms with E-state index in [0.717, 1.165) is 11.1 Å². The molecule has 1 fully saturated rings. The Kier molecular flexibility index (Phi) is 5.57. The molecule has 0 unspecified atom stereocenters. The van der Waals surface area contributed by atoms with E-state index in [0.29, 0.717) is 30.8 Å². The maximum absolute atomic E-state index is 12.0. The standard InChI is InChI=1S/C20H19N3O3S/c21-14-17-3-1-4-18(13-17)15-22-20(24)10-7-16-5-8-19(9-6-16)23-11-2-12-27(23,25)26/h1,3-10,13H,2,11-12,15H2,(H,22,24)/b10-7+. The van der Waals surface area contributed by atoms with Crippen molar-refractivity contribution in [3.8, 4) is 6.07 Å². The second-order valence-corrected chi connectivity index (χ2v) is 8.21. The summed E-state index contributed by atoms with van der Waals surface area (Å²) in [7, 11) is -3.19. The van der Waals surface area contributed by atoms with Crippen LogP contribution in [-0.4, -0.2) is 26.6 Å². The summed E-state index contributed by atoms with van der Waals surface area (Å²) in [5.41, 5.74) is 2.85. The molecule has 1 heterocycles. The highest BCUT2D eigenvalue weighted by atomic mass is 32.2. The van der Waals surface area contributed by atoms with Crippen LogP contribution in [0, 0.1) is 11.3 Å². The fourth-order valence-electron chi connectivity index (χ4n) is 2.85. The molecular weight excluding hydrogens is 362 g/mol. The van der Waals surface area contributed by atoms with Crippen LogP contribution in [0.5, 0.6) is 0 Å². The molecule has 138 valence electrons. The molecule has 2 aromatic carbocycles. The van der Waals surface area contributed by atoms with Gasteiger partial charge in [0.1, 0.15) is 0 Å². The van der Waals surface area contributed by atoms with E-state index in [9.17, 15) is 13.2 Å². The highest BCUT2D eigenvalue weighted by Crippen LogP contribution is 2.24. The average Bonchev–Trinajstić information content (AvgIpc) is 3.04. The van der Waals surface area contributed by atoms with E-state index in [1.807, 2.05) is 6.07 Å². The summed E-state index contributed by atoms with van der Waals surface area (Å²) in [6, 6.07) is 16.2. The number of carbonyl (C=O) groups is 1. The smallest absolute Gasteiger partial charge is 0.244 e. The minimum absolute atomic E-state index is 0.187. The van der Waals surface area contributed by atoms with Gasteiger partial charge in [-0.15, -0.1) is 0 Å². The van der Waals surface area contributed by atoms with Crippen LogP contribution in [0.4, 0.5) is 5.69 Å². The second-order valence-electron chi connectivity index (χ2n) is 6.20. The van der Waals surface area contributed by atoms with Gasteiger partial charge in [-0.25, -0.2) is 8.42 Å². The fraction of sp³-hybridized carbons (Fsp3) is 0.200. The van der Waals surface area contributed by atoms with E-state index >= 15 is 0 Å². The van der Waals surface area contributed by atoms with Crippen LogP contribution in [0.2, 0.25) is 0 Å². The summed E-state index contributed by atoms with van der Waals surface area (Å²) in [6.45, 7) is 0.845. The van der Waals surface area contributed by atoms with Crippen LogP contribution in [0.1, 0.15) is 23.1 Å². The Morgan fingerprint density at radius 1 is 1.22 bits per heavy atom. The molecule has 0 aliphatic carbocycles. The van der Waals surface area contributed by atoms with Crippen molar-refractivity contribution in [2.45, 2.75) is 13.0 Å². The third-order valence-corrected chi connectivity index (χ3v) is 6.10. The highest BCUT2D eigenvalue weighted by molar-refractivity contribution is 7.93. The Labute approximate surface area is 158 Å². The van der Waals surface area contributed by atoms with Gasteiger partial charge in [-0.2, -0.15) is 5.26 Å². The van der Waals surface area contributed by atoms with Gasteiger partial charge >= 0.3 is 0 Å². The van der Waals surface area contributed by atoms with Crippen molar-refractivity contribution >= 4 is 27.7 Å². The quantitative estimate of drug-likeness (QED) is 0.806. The van der Waals surface area contributed by atoms with E-state index in [1.165, 1.54) is 10.4 Å². The van der Waals surface area contributed by atoms with Gasteiger partial charge in [-0.1, -0.05) is 24.3 Å². The minimum atomic E-state index is -3.19. The molecule has 3 rings (SSSR count). The lowest BCUT2D eigenvalue weighted by Gasteiger charge is -2.16. The lowest BCUT2D eigenvalue weighted by molar-refractivity contribution is -0.116. The molecule has 0 radical (unpaired) electrons. The Bertz CT molecular complexity index is 1010. The van der Waals surface area contributed by atoms with Crippen molar-refractivity contribution < 1.29 is 13.2 Å². The molecule has 27 heavy (non-hydrogen) atoms. The van der Waals surface area contributed by atoms with Gasteiger partial charge in [0.2, 0.25) is 15.9 Å². The summed E-state index contributed by atoms with van der Waals surface area (Å²) in [6.07, 6.45) is 3.74. The lowest BCUT2D eigenvalue weighted by Crippen LogP contribution is -2.24. The number of hydrogen-bond donors (Lipinski definition) is 1. The molecule has 7 heteroatoms. The number of hydrogen-bond acceptors (Lipinski definition) is 4. The lowest BCUT2D eigenvalue weighted by atomic mass is 10.1. The monoisotopic (exact) mass is 381 g/mol. The Balaban J connectivity index is 1.57. The van der Waals surface area contributed by atoms with Crippen molar-refractivity contribution in [1.82, 2.24) is 5.32 Å². The molecule has 6 nitrogen and oxygen atoms in total.